The molecule has 1 radical (unpaired) electrons. The highest BCUT2D eigenvalue weighted by Crippen LogP contribution is 2.20. The van der Waals surface area contributed by atoms with Gasteiger partial charge in [-0.25, -0.2) is 0 Å². The van der Waals surface area contributed by atoms with Gasteiger partial charge in [0.1, 0.15) is 5.75 Å². The molecule has 1 aromatic heterocycles. The minimum Gasteiger partial charge on any atom is -0.507 e. The highest BCUT2D eigenvalue weighted by molar-refractivity contribution is 7.10. The molecule has 1 N–H and O–H groups in total. The van der Waals surface area contributed by atoms with Crippen molar-refractivity contribution in [2.45, 2.75) is 0 Å². The molecule has 1 aromatic rings. The van der Waals surface area contributed by atoms with Crippen LogP contribution in [0.4, 0.5) is 0 Å². The van der Waals surface area contributed by atoms with Crippen molar-refractivity contribution in [3.05, 3.63) is 23.2 Å². The average Bonchev–Trinajstić information content (AvgIpc) is 1.91. The summed E-state index contributed by atoms with van der Waals surface area (Å²) in [7, 11) is 0. The van der Waals surface area contributed by atoms with E-state index in [4.69, 9.17) is 5.11 Å². The lowest BCUT2D eigenvalue weighted by Gasteiger charge is -1.79. The second-order valence-electron chi connectivity index (χ2n) is 1.23. The smallest absolute Gasteiger partial charge is 0.129 e. The first-order valence-corrected chi connectivity index (χ1v) is 2.77. The van der Waals surface area contributed by atoms with Crippen molar-refractivity contribution in [3.63, 3.8) is 0 Å². The van der Waals surface area contributed by atoms with Crippen LogP contribution < -0.4 is 0 Å². The van der Waals surface area contributed by atoms with Crippen molar-refractivity contribution >= 4 is 11.3 Å². The van der Waals surface area contributed by atoms with Gasteiger partial charge in [0.2, 0.25) is 0 Å². The maximum absolute atomic E-state index is 8.71. The van der Waals surface area contributed by atoms with E-state index in [0.29, 0.717) is 5.75 Å². The molecule has 1 rings (SSSR count). The largest absolute Gasteiger partial charge is 0.507 e. The van der Waals surface area contributed by atoms with Crippen LogP contribution in [0.2, 0.25) is 0 Å². The van der Waals surface area contributed by atoms with E-state index in [-0.39, 0.29) is 0 Å². The Kier molecular flexibility index (Phi) is 1.02. The van der Waals surface area contributed by atoms with E-state index in [2.05, 4.69) is 6.92 Å². The number of aromatic hydroxyl groups is 1. The van der Waals surface area contributed by atoms with Gasteiger partial charge < -0.3 is 5.11 Å². The Labute approximate surface area is 46.2 Å². The van der Waals surface area contributed by atoms with E-state index >= 15 is 0 Å². The van der Waals surface area contributed by atoms with Gasteiger partial charge in [-0.2, -0.15) is 0 Å². The minimum absolute atomic E-state index is 0.296. The molecule has 0 unspecified atom stereocenters. The zero-order valence-corrected chi connectivity index (χ0v) is 4.53. The van der Waals surface area contributed by atoms with Gasteiger partial charge in [-0.3, -0.25) is 0 Å². The summed E-state index contributed by atoms with van der Waals surface area (Å²) in [5, 5.41) is 10.5. The summed E-state index contributed by atoms with van der Waals surface area (Å²) in [5.74, 6) is 0.296. The monoisotopic (exact) mass is 113 g/mol. The Morgan fingerprint density at radius 2 is 2.43 bits per heavy atom. The van der Waals surface area contributed by atoms with Crippen LogP contribution in [0.1, 0.15) is 4.88 Å². The molecule has 7 heavy (non-hydrogen) atoms. The number of thiophene rings is 1. The van der Waals surface area contributed by atoms with Crippen LogP contribution in [-0.4, -0.2) is 5.11 Å². The first kappa shape index (κ1) is 4.65. The first-order valence-electron chi connectivity index (χ1n) is 1.89. The molecule has 0 aliphatic heterocycles. The van der Waals surface area contributed by atoms with Crippen molar-refractivity contribution < 1.29 is 5.11 Å². The molecule has 37 valence electrons. The van der Waals surface area contributed by atoms with Crippen LogP contribution in [0, 0.1) is 6.92 Å². The van der Waals surface area contributed by atoms with Gasteiger partial charge in [0.25, 0.3) is 0 Å². The lowest BCUT2D eigenvalue weighted by molar-refractivity contribution is 0.476. The Morgan fingerprint density at radius 3 is 2.57 bits per heavy atom. The van der Waals surface area contributed by atoms with Crippen LogP contribution in [0.25, 0.3) is 0 Å². The van der Waals surface area contributed by atoms with E-state index in [9.17, 15) is 0 Å². The van der Waals surface area contributed by atoms with Crippen LogP contribution in [0.5, 0.6) is 5.75 Å². The van der Waals surface area contributed by atoms with Crippen molar-refractivity contribution in [3.8, 4) is 5.75 Å². The lowest BCUT2D eigenvalue weighted by Crippen LogP contribution is -1.54. The molecule has 0 fully saturated rings. The maximum Gasteiger partial charge on any atom is 0.129 e. The minimum atomic E-state index is 0.296. The van der Waals surface area contributed by atoms with Crippen molar-refractivity contribution in [1.29, 1.82) is 0 Å². The van der Waals surface area contributed by atoms with Crippen LogP contribution >= 0.6 is 11.3 Å². The zero-order chi connectivity index (χ0) is 5.28. The first-order chi connectivity index (χ1) is 3.30. The molecule has 0 amide bonds. The Morgan fingerprint density at radius 1 is 1.71 bits per heavy atom. The van der Waals surface area contributed by atoms with E-state index in [0.717, 1.165) is 4.88 Å². The zero-order valence-electron chi connectivity index (χ0n) is 3.72. The maximum atomic E-state index is 8.71. The fourth-order valence-electron chi connectivity index (χ4n) is 0.334. The predicted octanol–water partition coefficient (Wildman–Crippen LogP) is 1.64. The van der Waals surface area contributed by atoms with E-state index in [1.165, 1.54) is 11.3 Å². The molecule has 0 aliphatic rings. The quantitative estimate of drug-likeness (QED) is 0.542. The third-order valence-corrected chi connectivity index (χ3v) is 1.49. The van der Waals surface area contributed by atoms with Gasteiger partial charge >= 0.3 is 0 Å². The predicted molar refractivity (Wildman–Crippen MR) is 30.4 cm³/mol. The van der Waals surface area contributed by atoms with Gasteiger partial charge in [-0.1, -0.05) is 0 Å². The topological polar surface area (TPSA) is 20.2 Å². The van der Waals surface area contributed by atoms with Crippen molar-refractivity contribution in [1.82, 2.24) is 0 Å². The highest BCUT2D eigenvalue weighted by atomic mass is 32.1. The SMILES string of the molecule is [CH2]c1sccc1O. The Balaban J connectivity index is 3.12. The molecule has 1 nitrogen and oxygen atoms in total. The Bertz CT molecular complexity index is 140. The molecule has 0 aliphatic carbocycles. The van der Waals surface area contributed by atoms with Crippen LogP contribution in [0.3, 0.4) is 0 Å². The van der Waals surface area contributed by atoms with Crippen LogP contribution in [-0.2, 0) is 0 Å². The van der Waals surface area contributed by atoms with E-state index < -0.39 is 0 Å². The third kappa shape index (κ3) is 0.747. The normalized spacial score (nSPS) is 9.29. The van der Waals surface area contributed by atoms with E-state index in [1.54, 1.807) is 11.4 Å². The summed E-state index contributed by atoms with van der Waals surface area (Å²) < 4.78 is 0. The van der Waals surface area contributed by atoms with Gasteiger partial charge in [-0.05, 0) is 18.4 Å². The van der Waals surface area contributed by atoms with Gasteiger partial charge in [0.05, 0.1) is 0 Å². The van der Waals surface area contributed by atoms with Crippen LogP contribution in [0.15, 0.2) is 11.4 Å². The summed E-state index contributed by atoms with van der Waals surface area (Å²) in [6, 6.07) is 1.63. The average molecular weight is 113 g/mol. The van der Waals surface area contributed by atoms with Gasteiger partial charge in [0.15, 0.2) is 0 Å². The highest BCUT2D eigenvalue weighted by Gasteiger charge is 1.90. The second kappa shape index (κ2) is 1.54. The molecule has 0 saturated heterocycles. The molecule has 2 heteroatoms. The fraction of sp³-hybridized carbons (Fsp3) is 0. The second-order valence-corrected chi connectivity index (χ2v) is 2.23. The summed E-state index contributed by atoms with van der Waals surface area (Å²) in [5.41, 5.74) is 0. The third-order valence-electron chi connectivity index (χ3n) is 0.722. The van der Waals surface area contributed by atoms with Gasteiger partial charge in [0, 0.05) is 4.88 Å². The van der Waals surface area contributed by atoms with Crippen molar-refractivity contribution in [2.24, 2.45) is 0 Å². The summed E-state index contributed by atoms with van der Waals surface area (Å²) in [6.07, 6.45) is 0. The number of hydrogen-bond acceptors (Lipinski definition) is 2. The van der Waals surface area contributed by atoms with E-state index in [1.807, 2.05) is 0 Å². The summed E-state index contributed by atoms with van der Waals surface area (Å²) in [4.78, 5) is 0.736. The fourth-order valence-corrected chi connectivity index (χ4v) is 0.884. The lowest BCUT2D eigenvalue weighted by atomic mass is 10.5. The van der Waals surface area contributed by atoms with Crippen molar-refractivity contribution in [2.75, 3.05) is 0 Å². The molecule has 0 aromatic carbocycles. The molecular formula is C5H5OS. The molecule has 1 heterocycles. The van der Waals surface area contributed by atoms with Gasteiger partial charge in [-0.15, -0.1) is 11.3 Å². The summed E-state index contributed by atoms with van der Waals surface area (Å²) in [6.45, 7) is 3.55. The molecule has 0 bridgehead atoms. The summed E-state index contributed by atoms with van der Waals surface area (Å²) >= 11 is 1.44. The molecule has 0 spiro atoms. The number of hydrogen-bond donors (Lipinski definition) is 1. The molecule has 0 saturated carbocycles. The molecule has 0 atom stereocenters. The standard InChI is InChI=1S/C5H5OS/c1-4-5(6)2-3-7-4/h2-3,6H,1H2. The number of rotatable bonds is 0. The molecular weight excluding hydrogens is 108 g/mol. The Hall–Kier alpha value is -0.500.